The number of carbonyl (C=O) groups excluding carboxylic acids is 1. The van der Waals surface area contributed by atoms with E-state index in [4.69, 9.17) is 0 Å². The van der Waals surface area contributed by atoms with Gasteiger partial charge in [0.2, 0.25) is 6.54 Å². The van der Waals surface area contributed by atoms with E-state index in [1.807, 2.05) is 18.2 Å². The Balaban J connectivity index is 3.05. The molecule has 0 bridgehead atoms. The van der Waals surface area contributed by atoms with Crippen LogP contribution in [0.1, 0.15) is 18.4 Å². The molecule has 0 amide bonds. The van der Waals surface area contributed by atoms with Gasteiger partial charge in [0.15, 0.2) is 0 Å². The van der Waals surface area contributed by atoms with Crippen molar-refractivity contribution in [1.82, 2.24) is 0 Å². The molecular weight excluding hydrogens is 274 g/mol. The van der Waals surface area contributed by atoms with E-state index in [1.54, 1.807) is 13.0 Å². The highest BCUT2D eigenvalue weighted by Crippen LogP contribution is 2.29. The first-order valence-electron chi connectivity index (χ1n) is 4.87. The third kappa shape index (κ3) is 3.13. The molecule has 0 saturated heterocycles. The SMILES string of the molecule is C[C@H](C=O)[C@@H](C[N+](=O)[O-])c1ccccc1Br. The molecule has 1 aromatic carbocycles. The van der Waals surface area contributed by atoms with E-state index < -0.39 is 0 Å². The summed E-state index contributed by atoms with van der Waals surface area (Å²) in [6.07, 6.45) is 0.758. The second-order valence-corrected chi connectivity index (χ2v) is 4.49. The van der Waals surface area contributed by atoms with Gasteiger partial charge in [-0.2, -0.15) is 0 Å². The molecule has 0 aromatic heterocycles. The Morgan fingerprint density at radius 3 is 2.62 bits per heavy atom. The molecule has 0 spiro atoms. The maximum atomic E-state index is 10.8. The number of nitrogens with zero attached hydrogens (tertiary/aromatic N) is 1. The van der Waals surface area contributed by atoms with Crippen molar-refractivity contribution in [3.8, 4) is 0 Å². The maximum absolute atomic E-state index is 10.8. The van der Waals surface area contributed by atoms with Gasteiger partial charge in [-0.1, -0.05) is 41.1 Å². The largest absolute Gasteiger partial charge is 0.303 e. The minimum atomic E-state index is -0.386. The summed E-state index contributed by atoms with van der Waals surface area (Å²) in [4.78, 5) is 21.0. The standard InChI is InChI=1S/C11H12BrNO3/c1-8(7-14)10(6-13(15)16)9-4-2-3-5-11(9)12/h2-5,7-8,10H,6H2,1H3/t8-,10-/m1/s1. The Hall–Kier alpha value is -1.23. The highest BCUT2D eigenvalue weighted by molar-refractivity contribution is 9.10. The molecule has 2 atom stereocenters. The normalized spacial score (nSPS) is 14.1. The lowest BCUT2D eigenvalue weighted by atomic mass is 9.88. The summed E-state index contributed by atoms with van der Waals surface area (Å²) in [5, 5.41) is 10.6. The molecule has 0 heterocycles. The number of carbonyl (C=O) groups is 1. The number of hydrogen-bond donors (Lipinski definition) is 0. The quantitative estimate of drug-likeness (QED) is 0.475. The van der Waals surface area contributed by atoms with Gasteiger partial charge in [0.1, 0.15) is 6.29 Å². The molecule has 86 valence electrons. The third-order valence-corrected chi connectivity index (χ3v) is 3.22. The number of nitro groups is 1. The lowest BCUT2D eigenvalue weighted by Gasteiger charge is -2.17. The summed E-state index contributed by atoms with van der Waals surface area (Å²) in [5.41, 5.74) is 0.804. The van der Waals surface area contributed by atoms with Crippen LogP contribution in [0, 0.1) is 16.0 Å². The minimum absolute atomic E-state index is 0.234. The van der Waals surface area contributed by atoms with Crippen molar-refractivity contribution >= 4 is 22.2 Å². The molecular formula is C11H12BrNO3. The number of rotatable bonds is 5. The predicted molar refractivity (Wildman–Crippen MR) is 64.0 cm³/mol. The molecule has 0 fully saturated rings. The third-order valence-electron chi connectivity index (χ3n) is 2.50. The van der Waals surface area contributed by atoms with E-state index in [1.165, 1.54) is 0 Å². The summed E-state index contributed by atoms with van der Waals surface area (Å²) >= 11 is 3.35. The molecule has 5 heteroatoms. The molecule has 0 aliphatic heterocycles. The number of aldehydes is 1. The molecule has 16 heavy (non-hydrogen) atoms. The average molecular weight is 286 g/mol. The fourth-order valence-electron chi connectivity index (χ4n) is 1.58. The van der Waals surface area contributed by atoms with Crippen molar-refractivity contribution in [2.45, 2.75) is 12.8 Å². The van der Waals surface area contributed by atoms with Crippen LogP contribution in [0.2, 0.25) is 0 Å². The van der Waals surface area contributed by atoms with Crippen LogP contribution in [-0.2, 0) is 4.79 Å². The highest BCUT2D eigenvalue weighted by atomic mass is 79.9. The van der Waals surface area contributed by atoms with Crippen molar-refractivity contribution in [2.24, 2.45) is 5.92 Å². The smallest absolute Gasteiger partial charge is 0.211 e. The van der Waals surface area contributed by atoms with Gasteiger partial charge in [-0.15, -0.1) is 0 Å². The van der Waals surface area contributed by atoms with E-state index in [2.05, 4.69) is 15.9 Å². The van der Waals surface area contributed by atoms with E-state index in [0.717, 1.165) is 16.3 Å². The molecule has 1 rings (SSSR count). The first-order chi connectivity index (χ1) is 7.56. The molecule has 0 saturated carbocycles. The van der Waals surface area contributed by atoms with Crippen LogP contribution in [0.5, 0.6) is 0 Å². The van der Waals surface area contributed by atoms with Gasteiger partial charge in [-0.3, -0.25) is 10.1 Å². The van der Waals surface area contributed by atoms with Gasteiger partial charge >= 0.3 is 0 Å². The second kappa shape index (κ2) is 5.75. The Kier molecular flexibility index (Phi) is 4.61. The van der Waals surface area contributed by atoms with Gasteiger partial charge in [0.25, 0.3) is 0 Å². The van der Waals surface area contributed by atoms with Crippen molar-refractivity contribution in [1.29, 1.82) is 0 Å². The molecule has 1 aromatic rings. The fourth-order valence-corrected chi connectivity index (χ4v) is 2.16. The van der Waals surface area contributed by atoms with E-state index in [0.29, 0.717) is 0 Å². The Morgan fingerprint density at radius 2 is 2.12 bits per heavy atom. The topological polar surface area (TPSA) is 60.2 Å². The summed E-state index contributed by atoms with van der Waals surface area (Å²) in [5.74, 6) is -0.757. The van der Waals surface area contributed by atoms with Crippen LogP contribution in [0.3, 0.4) is 0 Å². The van der Waals surface area contributed by atoms with Gasteiger partial charge in [-0.05, 0) is 11.6 Å². The maximum Gasteiger partial charge on any atom is 0.211 e. The first-order valence-corrected chi connectivity index (χ1v) is 5.67. The van der Waals surface area contributed by atoms with Crippen LogP contribution in [0.15, 0.2) is 28.7 Å². The molecule has 0 aliphatic rings. The second-order valence-electron chi connectivity index (χ2n) is 3.64. The first kappa shape index (κ1) is 12.8. The minimum Gasteiger partial charge on any atom is -0.303 e. The van der Waals surface area contributed by atoms with Crippen molar-refractivity contribution in [3.63, 3.8) is 0 Å². The number of benzene rings is 1. The summed E-state index contributed by atoms with van der Waals surface area (Å²) in [7, 11) is 0. The summed E-state index contributed by atoms with van der Waals surface area (Å²) in [6, 6.07) is 7.27. The van der Waals surface area contributed by atoms with Crippen LogP contribution in [0.25, 0.3) is 0 Å². The fraction of sp³-hybridized carbons (Fsp3) is 0.364. The van der Waals surface area contributed by atoms with Crippen LogP contribution < -0.4 is 0 Å². The molecule has 0 N–H and O–H groups in total. The molecule has 0 unspecified atom stereocenters. The Bertz CT molecular complexity index is 395. The van der Waals surface area contributed by atoms with Crippen LogP contribution in [-0.4, -0.2) is 17.8 Å². The average Bonchev–Trinajstić information content (AvgIpc) is 2.26. The van der Waals surface area contributed by atoms with Gasteiger partial charge in [0, 0.05) is 15.3 Å². The zero-order valence-corrected chi connectivity index (χ0v) is 10.4. The summed E-state index contributed by atoms with van der Waals surface area (Å²) < 4.78 is 0.801. The van der Waals surface area contributed by atoms with Gasteiger partial charge in [0.05, 0.1) is 5.92 Å². The van der Waals surface area contributed by atoms with Gasteiger partial charge in [-0.25, -0.2) is 0 Å². The van der Waals surface area contributed by atoms with Crippen LogP contribution in [0.4, 0.5) is 0 Å². The highest BCUT2D eigenvalue weighted by Gasteiger charge is 2.25. The monoisotopic (exact) mass is 285 g/mol. The Labute approximate surface area is 102 Å². The Morgan fingerprint density at radius 1 is 1.50 bits per heavy atom. The summed E-state index contributed by atoms with van der Waals surface area (Å²) in [6.45, 7) is 1.46. The van der Waals surface area contributed by atoms with Crippen molar-refractivity contribution in [3.05, 3.63) is 44.4 Å². The van der Waals surface area contributed by atoms with Crippen LogP contribution >= 0.6 is 15.9 Å². The van der Waals surface area contributed by atoms with Crippen molar-refractivity contribution < 1.29 is 9.72 Å². The zero-order valence-electron chi connectivity index (χ0n) is 8.80. The van der Waals surface area contributed by atoms with Gasteiger partial charge < -0.3 is 4.79 Å². The zero-order chi connectivity index (χ0) is 12.1. The predicted octanol–water partition coefficient (Wildman–Crippen LogP) is 2.64. The lowest BCUT2D eigenvalue weighted by Crippen LogP contribution is -2.20. The molecule has 0 radical (unpaired) electrons. The van der Waals surface area contributed by atoms with E-state index >= 15 is 0 Å². The van der Waals surface area contributed by atoms with E-state index in [-0.39, 0.29) is 23.3 Å². The molecule has 0 aliphatic carbocycles. The lowest BCUT2D eigenvalue weighted by molar-refractivity contribution is -0.484. The van der Waals surface area contributed by atoms with Crippen molar-refractivity contribution in [2.75, 3.05) is 6.54 Å². The number of halogens is 1. The van der Waals surface area contributed by atoms with E-state index in [9.17, 15) is 14.9 Å². The number of hydrogen-bond acceptors (Lipinski definition) is 3. The molecule has 4 nitrogen and oxygen atoms in total.